The van der Waals surface area contributed by atoms with Crippen molar-refractivity contribution in [1.29, 1.82) is 0 Å². The van der Waals surface area contributed by atoms with Crippen LogP contribution in [0.3, 0.4) is 0 Å². The van der Waals surface area contributed by atoms with Gasteiger partial charge in [-0.05, 0) is 51.3 Å². The number of amides is 1. The fourth-order valence-electron chi connectivity index (χ4n) is 3.90. The molecule has 0 radical (unpaired) electrons. The van der Waals surface area contributed by atoms with Gasteiger partial charge in [-0.2, -0.15) is 0 Å². The molecule has 7 nitrogen and oxygen atoms in total. The lowest BCUT2D eigenvalue weighted by Crippen LogP contribution is -2.53. The lowest BCUT2D eigenvalue weighted by atomic mass is 9.74. The van der Waals surface area contributed by atoms with E-state index in [1.54, 1.807) is 4.90 Å². The lowest BCUT2D eigenvalue weighted by Gasteiger charge is -2.38. The van der Waals surface area contributed by atoms with Gasteiger partial charge in [-0.25, -0.2) is 4.79 Å². The van der Waals surface area contributed by atoms with Gasteiger partial charge in [-0.15, -0.1) is 24.0 Å². The summed E-state index contributed by atoms with van der Waals surface area (Å²) < 4.78 is 11.1. The molecule has 2 saturated heterocycles. The van der Waals surface area contributed by atoms with E-state index in [0.717, 1.165) is 17.9 Å². The number of carbonyl (C=O) groups is 1. The summed E-state index contributed by atoms with van der Waals surface area (Å²) in [5, 5.41) is 0.730. The Morgan fingerprint density at radius 2 is 1.81 bits per heavy atom. The molecule has 1 aromatic rings. The van der Waals surface area contributed by atoms with Gasteiger partial charge in [0.25, 0.3) is 0 Å². The van der Waals surface area contributed by atoms with Crippen molar-refractivity contribution >= 4 is 47.6 Å². The molecule has 1 amide bonds. The summed E-state index contributed by atoms with van der Waals surface area (Å²) in [6, 6.07) is 8.01. The minimum Gasteiger partial charge on any atom is -0.444 e. The van der Waals surface area contributed by atoms with Crippen molar-refractivity contribution in [2.45, 2.75) is 44.6 Å². The van der Waals surface area contributed by atoms with E-state index in [2.05, 4.69) is 6.07 Å². The van der Waals surface area contributed by atoms with Crippen molar-refractivity contribution < 1.29 is 14.3 Å². The summed E-state index contributed by atoms with van der Waals surface area (Å²) in [6.45, 7) is 10.0. The standard InChI is InChI=1S/C22H33ClN4O3.HI/c1-21(2,3)30-20(28)27-11-9-26(10-12-27)19(24)25-16-22(7-13-29-14-8-22)17-5-4-6-18(23)15-17;/h4-6,15H,7-14,16H2,1-3H3,(H2,24,25);1H. The van der Waals surface area contributed by atoms with Gasteiger partial charge in [0, 0.05) is 49.8 Å². The Kier molecular flexibility index (Phi) is 9.27. The lowest BCUT2D eigenvalue weighted by molar-refractivity contribution is 0.0186. The number of carbonyl (C=O) groups excluding carboxylic acids is 1. The Labute approximate surface area is 207 Å². The first-order valence-electron chi connectivity index (χ1n) is 10.6. The third-order valence-corrected chi connectivity index (χ3v) is 5.92. The second kappa shape index (κ2) is 11.0. The van der Waals surface area contributed by atoms with Gasteiger partial charge in [-0.1, -0.05) is 23.7 Å². The highest BCUT2D eigenvalue weighted by Crippen LogP contribution is 2.36. The Hall–Kier alpha value is -1.26. The maximum atomic E-state index is 12.3. The number of guanidine groups is 1. The summed E-state index contributed by atoms with van der Waals surface area (Å²) in [6.07, 6.45) is 1.49. The molecule has 1 aromatic carbocycles. The van der Waals surface area contributed by atoms with Crippen molar-refractivity contribution in [2.24, 2.45) is 10.7 Å². The van der Waals surface area contributed by atoms with Gasteiger partial charge in [-0.3, -0.25) is 4.99 Å². The fourth-order valence-corrected chi connectivity index (χ4v) is 4.09. The zero-order chi connectivity index (χ0) is 21.8. The average Bonchev–Trinajstić information content (AvgIpc) is 2.71. The van der Waals surface area contributed by atoms with Crippen molar-refractivity contribution in [2.75, 3.05) is 45.9 Å². The first-order valence-corrected chi connectivity index (χ1v) is 10.9. The van der Waals surface area contributed by atoms with E-state index in [9.17, 15) is 4.79 Å². The molecule has 0 aromatic heterocycles. The van der Waals surface area contributed by atoms with Crippen LogP contribution in [0, 0.1) is 0 Å². The zero-order valence-electron chi connectivity index (χ0n) is 18.6. The molecule has 0 atom stereocenters. The Bertz CT molecular complexity index is 770. The van der Waals surface area contributed by atoms with Crippen molar-refractivity contribution in [3.8, 4) is 0 Å². The first kappa shape index (κ1) is 26.0. The van der Waals surface area contributed by atoms with Gasteiger partial charge < -0.3 is 25.0 Å². The van der Waals surface area contributed by atoms with Crippen LogP contribution < -0.4 is 5.73 Å². The molecule has 2 N–H and O–H groups in total. The summed E-state index contributed by atoms with van der Waals surface area (Å²) in [5.74, 6) is 0.520. The number of nitrogens with zero attached hydrogens (tertiary/aromatic N) is 3. The molecule has 0 saturated carbocycles. The van der Waals surface area contributed by atoms with E-state index in [-0.39, 0.29) is 35.5 Å². The van der Waals surface area contributed by atoms with Gasteiger partial charge >= 0.3 is 6.09 Å². The molecule has 0 spiro atoms. The molecule has 2 fully saturated rings. The highest BCUT2D eigenvalue weighted by Gasteiger charge is 2.35. The molecule has 31 heavy (non-hydrogen) atoms. The third kappa shape index (κ3) is 7.12. The molecule has 174 valence electrons. The number of aliphatic imine (C=N–C) groups is 1. The molecular formula is C22H34ClIN4O3. The molecule has 0 bridgehead atoms. The normalized spacial score (nSPS) is 19.5. The smallest absolute Gasteiger partial charge is 0.410 e. The minimum atomic E-state index is -0.493. The molecule has 2 aliphatic heterocycles. The molecule has 0 unspecified atom stereocenters. The average molecular weight is 565 g/mol. The molecule has 3 rings (SSSR count). The Balaban J connectivity index is 0.00000341. The Morgan fingerprint density at radius 3 is 2.39 bits per heavy atom. The van der Waals surface area contributed by atoms with Crippen LogP contribution in [0.5, 0.6) is 0 Å². The van der Waals surface area contributed by atoms with E-state index in [4.69, 9.17) is 31.8 Å². The van der Waals surface area contributed by atoms with Gasteiger partial charge in [0.1, 0.15) is 5.60 Å². The first-order chi connectivity index (χ1) is 14.2. The summed E-state index contributed by atoms with van der Waals surface area (Å²) >= 11 is 6.25. The van der Waals surface area contributed by atoms with Crippen LogP contribution >= 0.6 is 35.6 Å². The fraction of sp³-hybridized carbons (Fsp3) is 0.636. The minimum absolute atomic E-state index is 0. The largest absolute Gasteiger partial charge is 0.444 e. The van der Waals surface area contributed by atoms with Crippen molar-refractivity contribution in [3.05, 3.63) is 34.9 Å². The molecule has 9 heteroatoms. The van der Waals surface area contributed by atoms with Crippen LogP contribution in [0.25, 0.3) is 0 Å². The quantitative estimate of drug-likeness (QED) is 0.343. The van der Waals surface area contributed by atoms with Crippen LogP contribution in [-0.2, 0) is 14.9 Å². The van der Waals surface area contributed by atoms with E-state index in [1.165, 1.54) is 5.56 Å². The maximum absolute atomic E-state index is 12.3. The third-order valence-electron chi connectivity index (χ3n) is 5.69. The number of piperazine rings is 1. The predicted molar refractivity (Wildman–Crippen MR) is 134 cm³/mol. The second-order valence-corrected chi connectivity index (χ2v) is 9.47. The van der Waals surface area contributed by atoms with Crippen molar-refractivity contribution in [1.82, 2.24) is 9.80 Å². The van der Waals surface area contributed by atoms with Crippen LogP contribution in [0.2, 0.25) is 5.02 Å². The topological polar surface area (TPSA) is 80.4 Å². The van der Waals surface area contributed by atoms with Gasteiger partial charge in [0.2, 0.25) is 0 Å². The number of halogens is 2. The van der Waals surface area contributed by atoms with E-state index < -0.39 is 5.60 Å². The summed E-state index contributed by atoms with van der Waals surface area (Å²) in [5.41, 5.74) is 6.91. The van der Waals surface area contributed by atoms with Gasteiger partial charge in [0.15, 0.2) is 5.96 Å². The van der Waals surface area contributed by atoms with E-state index in [1.807, 2.05) is 43.9 Å². The number of nitrogens with two attached hydrogens (primary N) is 1. The maximum Gasteiger partial charge on any atom is 0.410 e. The number of hydrogen-bond acceptors (Lipinski definition) is 4. The number of ether oxygens (including phenoxy) is 2. The number of benzene rings is 1. The van der Waals surface area contributed by atoms with E-state index >= 15 is 0 Å². The Morgan fingerprint density at radius 1 is 1.19 bits per heavy atom. The highest BCUT2D eigenvalue weighted by molar-refractivity contribution is 14.0. The van der Waals surface area contributed by atoms with E-state index in [0.29, 0.717) is 51.9 Å². The zero-order valence-corrected chi connectivity index (χ0v) is 21.7. The van der Waals surface area contributed by atoms with Crippen LogP contribution in [0.1, 0.15) is 39.2 Å². The molecule has 2 heterocycles. The summed E-state index contributed by atoms with van der Waals surface area (Å²) in [7, 11) is 0. The predicted octanol–water partition coefficient (Wildman–Crippen LogP) is 3.87. The van der Waals surface area contributed by atoms with Crippen LogP contribution in [0.15, 0.2) is 29.3 Å². The number of rotatable bonds is 3. The van der Waals surface area contributed by atoms with Gasteiger partial charge in [0.05, 0.1) is 6.54 Å². The highest BCUT2D eigenvalue weighted by atomic mass is 127. The second-order valence-electron chi connectivity index (χ2n) is 9.03. The monoisotopic (exact) mass is 564 g/mol. The van der Waals surface area contributed by atoms with Crippen LogP contribution in [0.4, 0.5) is 4.79 Å². The molecular weight excluding hydrogens is 531 g/mol. The molecule has 2 aliphatic rings. The SMILES string of the molecule is CC(C)(C)OC(=O)N1CCN(C(N)=NCC2(c3cccc(Cl)c3)CCOCC2)CC1.I. The molecule has 0 aliphatic carbocycles. The van der Waals surface area contributed by atoms with Crippen molar-refractivity contribution in [3.63, 3.8) is 0 Å². The number of hydrogen-bond donors (Lipinski definition) is 1. The summed E-state index contributed by atoms with van der Waals surface area (Å²) in [4.78, 5) is 20.8. The van der Waals surface area contributed by atoms with Crippen LogP contribution in [-0.4, -0.2) is 73.4 Å².